The van der Waals surface area contributed by atoms with E-state index in [-0.39, 0.29) is 11.7 Å². The van der Waals surface area contributed by atoms with Crippen LogP contribution >= 0.6 is 23.4 Å². The normalized spacial score (nSPS) is 11.4. The van der Waals surface area contributed by atoms with Crippen molar-refractivity contribution in [1.29, 1.82) is 0 Å². The molecule has 160 valence electrons. The molecule has 7 nitrogen and oxygen atoms in total. The van der Waals surface area contributed by atoms with Crippen LogP contribution in [0.2, 0.25) is 5.02 Å². The van der Waals surface area contributed by atoms with Crippen molar-refractivity contribution < 1.29 is 9.21 Å². The number of carbonyl (C=O) groups excluding carboxylic acids is 1. The average molecular weight is 464 g/mol. The van der Waals surface area contributed by atoms with E-state index in [2.05, 4.69) is 20.7 Å². The topological polar surface area (TPSA) is 85.3 Å². The Kier molecular flexibility index (Phi) is 7.16. The van der Waals surface area contributed by atoms with Crippen LogP contribution in [-0.2, 0) is 4.79 Å². The molecule has 1 amide bonds. The molecule has 0 saturated carbocycles. The van der Waals surface area contributed by atoms with Gasteiger partial charge in [0.1, 0.15) is 5.76 Å². The Bertz CT molecular complexity index is 1220. The van der Waals surface area contributed by atoms with Gasteiger partial charge in [-0.15, -0.1) is 10.2 Å². The van der Waals surface area contributed by atoms with E-state index in [0.717, 1.165) is 11.3 Å². The highest BCUT2D eigenvalue weighted by molar-refractivity contribution is 7.99. The number of hydrogen-bond acceptors (Lipinski definition) is 6. The number of hydrogen-bond donors (Lipinski definition) is 1. The van der Waals surface area contributed by atoms with E-state index in [0.29, 0.717) is 21.8 Å². The molecule has 0 spiro atoms. The summed E-state index contributed by atoms with van der Waals surface area (Å²) in [4.78, 5) is 12.2. The number of thioether (sulfide) groups is 1. The summed E-state index contributed by atoms with van der Waals surface area (Å²) in [6, 6.07) is 20.7. The number of furan rings is 1. The van der Waals surface area contributed by atoms with Gasteiger partial charge < -0.3 is 4.42 Å². The van der Waals surface area contributed by atoms with Crippen LogP contribution in [0.5, 0.6) is 0 Å². The minimum absolute atomic E-state index is 0.130. The first kappa shape index (κ1) is 21.6. The van der Waals surface area contributed by atoms with Crippen molar-refractivity contribution >= 4 is 41.6 Å². The molecular formula is C23H18ClN5O2S. The molecule has 0 atom stereocenters. The molecule has 4 aromatic rings. The Hall–Kier alpha value is -3.62. The number of amides is 1. The first-order chi connectivity index (χ1) is 15.7. The van der Waals surface area contributed by atoms with Crippen LogP contribution in [0, 0.1) is 0 Å². The first-order valence-corrected chi connectivity index (χ1v) is 11.0. The average Bonchev–Trinajstić information content (AvgIpc) is 3.48. The zero-order valence-corrected chi connectivity index (χ0v) is 18.3. The highest BCUT2D eigenvalue weighted by Crippen LogP contribution is 2.28. The van der Waals surface area contributed by atoms with Gasteiger partial charge in [-0.3, -0.25) is 9.36 Å². The Morgan fingerprint density at radius 2 is 1.91 bits per heavy atom. The molecule has 2 heterocycles. The van der Waals surface area contributed by atoms with Crippen LogP contribution in [0.3, 0.4) is 0 Å². The quantitative estimate of drug-likeness (QED) is 0.223. The van der Waals surface area contributed by atoms with Crippen molar-refractivity contribution in [1.82, 2.24) is 20.2 Å². The third-order valence-electron chi connectivity index (χ3n) is 4.24. The number of nitrogens with zero attached hydrogens (tertiary/aromatic N) is 4. The second-order valence-corrected chi connectivity index (χ2v) is 7.84. The maximum Gasteiger partial charge on any atom is 0.250 e. The van der Waals surface area contributed by atoms with E-state index in [4.69, 9.17) is 16.0 Å². The Morgan fingerprint density at radius 3 is 2.66 bits per heavy atom. The zero-order valence-electron chi connectivity index (χ0n) is 16.8. The molecule has 32 heavy (non-hydrogen) atoms. The SMILES string of the molecule is O=C(CSc1nnc(-c2ccc(Cl)cc2)n1-c1ccccc1)N/N=C/C=C\c1ccco1. The molecule has 0 aliphatic rings. The molecule has 0 fully saturated rings. The van der Waals surface area contributed by atoms with Gasteiger partial charge >= 0.3 is 0 Å². The summed E-state index contributed by atoms with van der Waals surface area (Å²) in [5.41, 5.74) is 4.26. The molecule has 0 unspecified atom stereocenters. The molecular weight excluding hydrogens is 446 g/mol. The summed E-state index contributed by atoms with van der Waals surface area (Å²) in [5, 5.41) is 13.8. The number of hydrazone groups is 1. The second-order valence-electron chi connectivity index (χ2n) is 6.46. The molecule has 0 radical (unpaired) electrons. The van der Waals surface area contributed by atoms with E-state index in [1.165, 1.54) is 18.0 Å². The smallest absolute Gasteiger partial charge is 0.250 e. The van der Waals surface area contributed by atoms with Crippen LogP contribution in [0.4, 0.5) is 0 Å². The minimum Gasteiger partial charge on any atom is -0.465 e. The van der Waals surface area contributed by atoms with Crippen molar-refractivity contribution in [2.24, 2.45) is 5.10 Å². The summed E-state index contributed by atoms with van der Waals surface area (Å²) in [6.07, 6.45) is 6.49. The van der Waals surface area contributed by atoms with Crippen molar-refractivity contribution in [2.75, 3.05) is 5.75 Å². The van der Waals surface area contributed by atoms with Crippen LogP contribution in [0.25, 0.3) is 23.2 Å². The van der Waals surface area contributed by atoms with Crippen LogP contribution in [0.1, 0.15) is 5.76 Å². The van der Waals surface area contributed by atoms with Gasteiger partial charge in [0.15, 0.2) is 11.0 Å². The fourth-order valence-electron chi connectivity index (χ4n) is 2.80. The maximum absolute atomic E-state index is 12.2. The van der Waals surface area contributed by atoms with Gasteiger partial charge in [-0.1, -0.05) is 41.6 Å². The fraction of sp³-hybridized carbons (Fsp3) is 0.0435. The van der Waals surface area contributed by atoms with E-state index in [9.17, 15) is 4.79 Å². The highest BCUT2D eigenvalue weighted by atomic mass is 35.5. The number of benzene rings is 2. The predicted molar refractivity (Wildman–Crippen MR) is 127 cm³/mol. The van der Waals surface area contributed by atoms with Gasteiger partial charge in [-0.05, 0) is 60.7 Å². The lowest BCUT2D eigenvalue weighted by Crippen LogP contribution is -2.19. The third kappa shape index (κ3) is 5.54. The minimum atomic E-state index is -0.256. The van der Waals surface area contributed by atoms with Gasteiger partial charge in [0.2, 0.25) is 0 Å². The van der Waals surface area contributed by atoms with Gasteiger partial charge in [0.25, 0.3) is 5.91 Å². The molecule has 0 aliphatic heterocycles. The summed E-state index contributed by atoms with van der Waals surface area (Å²) >= 11 is 7.30. The van der Waals surface area contributed by atoms with Crippen molar-refractivity contribution in [2.45, 2.75) is 5.16 Å². The molecule has 1 N–H and O–H groups in total. The fourth-order valence-corrected chi connectivity index (χ4v) is 3.67. The number of carbonyl (C=O) groups is 1. The first-order valence-electron chi connectivity index (χ1n) is 9.62. The highest BCUT2D eigenvalue weighted by Gasteiger charge is 2.17. The predicted octanol–water partition coefficient (Wildman–Crippen LogP) is 5.09. The molecule has 9 heteroatoms. The zero-order chi connectivity index (χ0) is 22.2. The molecule has 4 rings (SSSR count). The third-order valence-corrected chi connectivity index (χ3v) is 5.42. The van der Waals surface area contributed by atoms with Gasteiger partial charge in [-0.2, -0.15) is 5.10 Å². The van der Waals surface area contributed by atoms with E-state index in [1.807, 2.05) is 53.1 Å². The maximum atomic E-state index is 12.2. The number of aromatic nitrogens is 3. The Morgan fingerprint density at radius 1 is 1.09 bits per heavy atom. The molecule has 2 aromatic carbocycles. The lowest BCUT2D eigenvalue weighted by atomic mass is 10.2. The number of rotatable bonds is 8. The lowest BCUT2D eigenvalue weighted by molar-refractivity contribution is -0.118. The molecule has 2 aromatic heterocycles. The number of para-hydroxylation sites is 1. The van der Waals surface area contributed by atoms with Gasteiger partial charge in [0.05, 0.1) is 12.0 Å². The number of nitrogens with one attached hydrogen (secondary N) is 1. The van der Waals surface area contributed by atoms with Crippen molar-refractivity contribution in [3.63, 3.8) is 0 Å². The van der Waals surface area contributed by atoms with Crippen molar-refractivity contribution in [3.05, 3.63) is 89.9 Å². The summed E-state index contributed by atoms with van der Waals surface area (Å²) in [6.45, 7) is 0. The summed E-state index contributed by atoms with van der Waals surface area (Å²) in [5.74, 6) is 1.24. The standard InChI is InChI=1S/C23H18ClN5O2S/c24-18-12-10-17(11-13-18)22-27-28-23(29(22)19-6-2-1-3-7-19)32-16-21(30)26-25-14-4-8-20-9-5-15-31-20/h1-15H,16H2,(H,26,30)/b8-4-,25-14+. The van der Waals surface area contributed by atoms with E-state index < -0.39 is 0 Å². The Labute approximate surface area is 193 Å². The summed E-state index contributed by atoms with van der Waals surface area (Å²) < 4.78 is 7.09. The monoisotopic (exact) mass is 463 g/mol. The van der Waals surface area contributed by atoms with Crippen LogP contribution in [0.15, 0.2) is 93.7 Å². The van der Waals surface area contributed by atoms with E-state index >= 15 is 0 Å². The largest absolute Gasteiger partial charge is 0.465 e. The van der Waals surface area contributed by atoms with Crippen LogP contribution in [-0.4, -0.2) is 32.6 Å². The van der Waals surface area contributed by atoms with Crippen LogP contribution < -0.4 is 5.43 Å². The number of halogens is 1. The van der Waals surface area contributed by atoms with Gasteiger partial charge in [-0.25, -0.2) is 5.43 Å². The second kappa shape index (κ2) is 10.6. The molecule has 0 saturated heterocycles. The van der Waals surface area contributed by atoms with E-state index in [1.54, 1.807) is 36.6 Å². The van der Waals surface area contributed by atoms with Gasteiger partial charge in [0, 0.05) is 22.5 Å². The van der Waals surface area contributed by atoms with Crippen molar-refractivity contribution in [3.8, 4) is 17.1 Å². The Balaban J connectivity index is 1.45. The summed E-state index contributed by atoms with van der Waals surface area (Å²) in [7, 11) is 0. The number of allylic oxidation sites excluding steroid dienone is 1. The molecule has 0 aliphatic carbocycles. The lowest BCUT2D eigenvalue weighted by Gasteiger charge is -2.10. The molecule has 0 bridgehead atoms.